The van der Waals surface area contributed by atoms with Gasteiger partial charge in [-0.3, -0.25) is 0 Å². The summed E-state index contributed by atoms with van der Waals surface area (Å²) in [5.41, 5.74) is 3.67. The topological polar surface area (TPSA) is 12.5 Å². The number of hydrogen-bond donors (Lipinski definition) is 0. The van der Waals surface area contributed by atoms with E-state index in [1.165, 1.54) is 50.0 Å². The van der Waals surface area contributed by atoms with Crippen molar-refractivity contribution in [2.75, 3.05) is 27.0 Å². The standard InChI is InChI=1S/C19H27NOS/c1-20-9-8-19-7-5-4-6-14(19)16(20)10-13-11-18(22-3)17(21-2)12-15(13)19/h11-12,14,16H,4-10H2,1-3H3/t14?,16-,19-/m0/s1. The van der Waals surface area contributed by atoms with Crippen LogP contribution in [-0.4, -0.2) is 37.9 Å². The summed E-state index contributed by atoms with van der Waals surface area (Å²) in [6.45, 7) is 1.26. The number of nitrogens with zero attached hydrogens (tertiary/aromatic N) is 1. The lowest BCUT2D eigenvalue weighted by Gasteiger charge is -2.58. The molecule has 2 aliphatic carbocycles. The van der Waals surface area contributed by atoms with E-state index in [4.69, 9.17) is 4.74 Å². The molecule has 1 saturated carbocycles. The van der Waals surface area contributed by atoms with Gasteiger partial charge in [-0.15, -0.1) is 11.8 Å². The number of rotatable bonds is 2. The molecule has 0 amide bonds. The predicted octanol–water partition coefficient (Wildman–Crippen LogP) is 4.11. The third kappa shape index (κ3) is 1.98. The van der Waals surface area contributed by atoms with Crippen LogP contribution in [0.25, 0.3) is 0 Å². The van der Waals surface area contributed by atoms with Crippen LogP contribution in [-0.2, 0) is 11.8 Å². The number of ether oxygens (including phenoxy) is 1. The summed E-state index contributed by atoms with van der Waals surface area (Å²) in [4.78, 5) is 3.94. The fourth-order valence-corrected chi connectivity index (χ4v) is 6.14. The Labute approximate surface area is 138 Å². The molecule has 0 spiro atoms. The van der Waals surface area contributed by atoms with Crippen LogP contribution in [0.2, 0.25) is 0 Å². The maximum atomic E-state index is 5.71. The second-order valence-corrected chi connectivity index (χ2v) is 8.22. The van der Waals surface area contributed by atoms with Crippen molar-refractivity contribution in [1.29, 1.82) is 0 Å². The van der Waals surface area contributed by atoms with Gasteiger partial charge in [-0.25, -0.2) is 0 Å². The third-order valence-electron chi connectivity index (χ3n) is 6.61. The Balaban J connectivity index is 1.89. The van der Waals surface area contributed by atoms with Crippen LogP contribution < -0.4 is 4.74 Å². The molecule has 120 valence electrons. The number of hydrogen-bond acceptors (Lipinski definition) is 3. The molecule has 4 rings (SSSR count). The van der Waals surface area contributed by atoms with Gasteiger partial charge in [-0.1, -0.05) is 12.8 Å². The van der Waals surface area contributed by atoms with Gasteiger partial charge in [0.2, 0.25) is 0 Å². The first-order valence-corrected chi connectivity index (χ1v) is 9.87. The lowest BCUT2D eigenvalue weighted by atomic mass is 9.52. The van der Waals surface area contributed by atoms with Crippen molar-refractivity contribution in [3.8, 4) is 5.75 Å². The van der Waals surface area contributed by atoms with Gasteiger partial charge < -0.3 is 9.64 Å². The second kappa shape index (κ2) is 5.45. The van der Waals surface area contributed by atoms with Crippen LogP contribution in [0.4, 0.5) is 0 Å². The van der Waals surface area contributed by atoms with Gasteiger partial charge in [-0.2, -0.15) is 0 Å². The van der Waals surface area contributed by atoms with Crippen molar-refractivity contribution in [3.63, 3.8) is 0 Å². The Kier molecular flexibility index (Phi) is 3.69. The number of piperidine rings is 1. The summed E-state index contributed by atoms with van der Waals surface area (Å²) in [7, 11) is 4.16. The Morgan fingerprint density at radius 2 is 2.14 bits per heavy atom. The molecule has 3 atom stereocenters. The average Bonchev–Trinajstić information content (AvgIpc) is 2.57. The molecule has 1 saturated heterocycles. The molecule has 1 heterocycles. The molecular formula is C19H27NOS. The Bertz CT molecular complexity index is 587. The van der Waals surface area contributed by atoms with Crippen molar-refractivity contribution in [2.24, 2.45) is 5.92 Å². The van der Waals surface area contributed by atoms with Crippen molar-refractivity contribution in [3.05, 3.63) is 23.3 Å². The van der Waals surface area contributed by atoms with E-state index in [9.17, 15) is 0 Å². The van der Waals surface area contributed by atoms with E-state index in [0.717, 1.165) is 17.7 Å². The number of methoxy groups -OCH3 is 1. The van der Waals surface area contributed by atoms with Gasteiger partial charge in [0.05, 0.1) is 7.11 Å². The summed E-state index contributed by atoms with van der Waals surface area (Å²) >= 11 is 1.81. The first-order chi connectivity index (χ1) is 10.7. The van der Waals surface area contributed by atoms with E-state index in [-0.39, 0.29) is 0 Å². The van der Waals surface area contributed by atoms with Crippen LogP contribution in [0.3, 0.4) is 0 Å². The lowest BCUT2D eigenvalue weighted by Crippen LogP contribution is -2.59. The molecule has 0 aromatic heterocycles. The van der Waals surface area contributed by atoms with Crippen molar-refractivity contribution >= 4 is 11.8 Å². The van der Waals surface area contributed by atoms with Gasteiger partial charge in [0, 0.05) is 16.4 Å². The minimum atomic E-state index is 0.438. The van der Waals surface area contributed by atoms with E-state index in [0.29, 0.717) is 5.41 Å². The Hall–Kier alpha value is -0.670. The second-order valence-electron chi connectivity index (χ2n) is 7.37. The van der Waals surface area contributed by atoms with Crippen LogP contribution in [0, 0.1) is 5.92 Å². The summed E-state index contributed by atoms with van der Waals surface area (Å²) < 4.78 is 5.71. The smallest absolute Gasteiger partial charge is 0.132 e. The van der Waals surface area contributed by atoms with E-state index in [1.807, 2.05) is 18.9 Å². The van der Waals surface area contributed by atoms with Gasteiger partial charge in [-0.05, 0) is 74.7 Å². The minimum Gasteiger partial charge on any atom is -0.496 e. The molecule has 2 bridgehead atoms. The quantitative estimate of drug-likeness (QED) is 0.762. The van der Waals surface area contributed by atoms with E-state index < -0.39 is 0 Å². The SMILES string of the molecule is COc1cc2c(cc1SC)C[C@H]1C3CCCC[C@@]23CCN1C. The molecule has 22 heavy (non-hydrogen) atoms. The molecule has 0 N–H and O–H groups in total. The van der Waals surface area contributed by atoms with Gasteiger partial charge >= 0.3 is 0 Å². The molecule has 1 aromatic rings. The van der Waals surface area contributed by atoms with Gasteiger partial charge in [0.25, 0.3) is 0 Å². The molecule has 1 aliphatic heterocycles. The summed E-state index contributed by atoms with van der Waals surface area (Å²) in [6.07, 6.45) is 10.3. The van der Waals surface area contributed by atoms with Crippen molar-refractivity contribution < 1.29 is 4.74 Å². The number of likely N-dealkylation sites (N-methyl/N-ethyl adjacent to an activating group) is 1. The molecular weight excluding hydrogens is 290 g/mol. The molecule has 1 aromatic carbocycles. The van der Waals surface area contributed by atoms with Crippen LogP contribution in [0.1, 0.15) is 43.2 Å². The molecule has 2 nitrogen and oxygen atoms in total. The van der Waals surface area contributed by atoms with Crippen LogP contribution in [0.5, 0.6) is 5.75 Å². The fourth-order valence-electron chi connectivity index (χ4n) is 5.53. The summed E-state index contributed by atoms with van der Waals surface area (Å²) in [5, 5.41) is 0. The Morgan fingerprint density at radius 1 is 1.27 bits per heavy atom. The average molecular weight is 317 g/mol. The molecule has 2 fully saturated rings. The van der Waals surface area contributed by atoms with Crippen LogP contribution in [0.15, 0.2) is 17.0 Å². The number of fused-ring (bicyclic) bond motifs is 1. The lowest BCUT2D eigenvalue weighted by molar-refractivity contribution is 0.00263. The Morgan fingerprint density at radius 3 is 2.91 bits per heavy atom. The van der Waals surface area contributed by atoms with Crippen LogP contribution >= 0.6 is 11.8 Å². The molecule has 1 unspecified atom stereocenters. The molecule has 3 heteroatoms. The maximum Gasteiger partial charge on any atom is 0.132 e. The summed E-state index contributed by atoms with van der Waals surface area (Å²) in [6, 6.07) is 5.59. The first-order valence-electron chi connectivity index (χ1n) is 8.65. The largest absolute Gasteiger partial charge is 0.496 e. The molecule has 3 aliphatic rings. The highest BCUT2D eigenvalue weighted by Crippen LogP contribution is 2.56. The van der Waals surface area contributed by atoms with Gasteiger partial charge in [0.1, 0.15) is 5.75 Å². The highest BCUT2D eigenvalue weighted by molar-refractivity contribution is 7.98. The van der Waals surface area contributed by atoms with Crippen molar-refractivity contribution in [2.45, 2.75) is 54.9 Å². The number of benzene rings is 1. The summed E-state index contributed by atoms with van der Waals surface area (Å²) in [5.74, 6) is 1.94. The predicted molar refractivity (Wildman–Crippen MR) is 93.2 cm³/mol. The van der Waals surface area contributed by atoms with Gasteiger partial charge in [0.15, 0.2) is 0 Å². The minimum absolute atomic E-state index is 0.438. The van der Waals surface area contributed by atoms with E-state index in [2.05, 4.69) is 30.3 Å². The highest BCUT2D eigenvalue weighted by Gasteiger charge is 2.53. The van der Waals surface area contributed by atoms with Crippen molar-refractivity contribution in [1.82, 2.24) is 4.90 Å². The fraction of sp³-hybridized carbons (Fsp3) is 0.684. The number of likely N-dealkylation sites (tertiary alicyclic amines) is 1. The monoisotopic (exact) mass is 317 g/mol. The van der Waals surface area contributed by atoms with E-state index >= 15 is 0 Å². The number of thioether (sulfide) groups is 1. The third-order valence-corrected chi connectivity index (χ3v) is 7.37. The zero-order valence-electron chi connectivity index (χ0n) is 14.0. The zero-order chi connectivity index (χ0) is 15.3. The highest BCUT2D eigenvalue weighted by atomic mass is 32.2. The zero-order valence-corrected chi connectivity index (χ0v) is 14.8. The van der Waals surface area contributed by atoms with E-state index in [1.54, 1.807) is 11.1 Å². The first kappa shape index (κ1) is 14.9. The maximum absolute atomic E-state index is 5.71. The molecule has 0 radical (unpaired) electrons. The normalized spacial score (nSPS) is 34.0.